The first-order chi connectivity index (χ1) is 10.7. The zero-order chi connectivity index (χ0) is 16.0. The highest BCUT2D eigenvalue weighted by Gasteiger charge is 1.92. The Hall–Kier alpha value is -2.87. The summed E-state index contributed by atoms with van der Waals surface area (Å²) >= 11 is 0. The number of benzene rings is 1. The minimum Gasteiger partial charge on any atom is -0.478 e. The second-order valence-corrected chi connectivity index (χ2v) is 4.34. The van der Waals surface area contributed by atoms with E-state index in [9.17, 15) is 4.79 Å². The fraction of sp³-hybridized carbons (Fsp3) is 0.0500. The normalized spacial score (nSPS) is 13.0. The van der Waals surface area contributed by atoms with E-state index in [4.69, 9.17) is 5.11 Å². The van der Waals surface area contributed by atoms with Crippen molar-refractivity contribution in [1.82, 2.24) is 0 Å². The quantitative estimate of drug-likeness (QED) is 0.564. The molecule has 0 unspecified atom stereocenters. The zero-order valence-electron chi connectivity index (χ0n) is 12.6. The molecule has 0 radical (unpaired) electrons. The summed E-state index contributed by atoms with van der Waals surface area (Å²) in [4.78, 5) is 10.4. The summed E-state index contributed by atoms with van der Waals surface area (Å²) in [5, 5.41) is 8.54. The van der Waals surface area contributed by atoms with Crippen LogP contribution in [0.15, 0.2) is 85.0 Å². The van der Waals surface area contributed by atoms with Crippen LogP contribution in [0.3, 0.4) is 0 Å². The highest BCUT2D eigenvalue weighted by atomic mass is 16.4. The predicted octanol–water partition coefficient (Wildman–Crippen LogP) is 5.04. The number of carboxylic acid groups (broad SMARTS) is 1. The van der Waals surface area contributed by atoms with Gasteiger partial charge in [0.05, 0.1) is 0 Å². The fourth-order valence-corrected chi connectivity index (χ4v) is 1.64. The molecule has 0 saturated carbocycles. The molecule has 112 valence electrons. The fourth-order valence-electron chi connectivity index (χ4n) is 1.64. The van der Waals surface area contributed by atoms with Crippen LogP contribution in [-0.4, -0.2) is 11.1 Å². The van der Waals surface area contributed by atoms with Gasteiger partial charge >= 0.3 is 5.97 Å². The lowest BCUT2D eigenvalue weighted by molar-refractivity contribution is -0.131. The summed E-state index contributed by atoms with van der Waals surface area (Å²) in [5.74, 6) is -0.950. The number of allylic oxidation sites excluding steroid dienone is 9. The Morgan fingerprint density at radius 3 is 1.86 bits per heavy atom. The van der Waals surface area contributed by atoms with Crippen molar-refractivity contribution >= 4 is 18.1 Å². The van der Waals surface area contributed by atoms with Gasteiger partial charge < -0.3 is 5.11 Å². The third kappa shape index (κ3) is 7.65. The maximum Gasteiger partial charge on any atom is 0.328 e. The predicted molar refractivity (Wildman–Crippen MR) is 94.4 cm³/mol. The van der Waals surface area contributed by atoms with Crippen molar-refractivity contribution in [1.29, 1.82) is 0 Å². The van der Waals surface area contributed by atoms with Gasteiger partial charge in [-0.15, -0.1) is 0 Å². The van der Waals surface area contributed by atoms with E-state index in [1.807, 2.05) is 85.9 Å². The molecule has 0 spiro atoms. The first kappa shape index (κ1) is 17.2. The second-order valence-electron chi connectivity index (χ2n) is 4.34. The van der Waals surface area contributed by atoms with E-state index in [0.29, 0.717) is 0 Å². The second kappa shape index (κ2) is 10.9. The monoisotopic (exact) mass is 292 g/mol. The van der Waals surface area contributed by atoms with E-state index < -0.39 is 5.97 Å². The Kier molecular flexibility index (Phi) is 8.48. The highest BCUT2D eigenvalue weighted by molar-refractivity contribution is 5.80. The molecule has 0 aliphatic rings. The summed E-state index contributed by atoms with van der Waals surface area (Å²) in [5.41, 5.74) is 2.11. The summed E-state index contributed by atoms with van der Waals surface area (Å²) in [6, 6.07) is 7.92. The molecule has 0 saturated heterocycles. The molecule has 1 N–H and O–H groups in total. The van der Waals surface area contributed by atoms with Gasteiger partial charge in [-0.1, -0.05) is 91.1 Å². The summed E-state index contributed by atoms with van der Waals surface area (Å²) < 4.78 is 0. The van der Waals surface area contributed by atoms with Gasteiger partial charge in [0, 0.05) is 6.08 Å². The van der Waals surface area contributed by atoms with Gasteiger partial charge in [-0.25, -0.2) is 4.79 Å². The molecule has 2 nitrogen and oxygen atoms in total. The number of rotatable bonds is 7. The molecule has 0 bridgehead atoms. The molecular weight excluding hydrogens is 272 g/mol. The average molecular weight is 292 g/mol. The number of carbonyl (C=O) groups is 1. The number of aliphatic carboxylic acids is 1. The van der Waals surface area contributed by atoms with Crippen LogP contribution in [0.1, 0.15) is 18.1 Å². The molecule has 0 atom stereocenters. The molecular formula is C20H20O2. The molecule has 1 aromatic carbocycles. The molecule has 0 fully saturated rings. The van der Waals surface area contributed by atoms with Crippen molar-refractivity contribution in [2.45, 2.75) is 6.92 Å². The molecule has 2 heteroatoms. The Balaban J connectivity index is 2.73. The Morgan fingerprint density at radius 2 is 1.32 bits per heavy atom. The lowest BCUT2D eigenvalue weighted by Crippen LogP contribution is -1.84. The topological polar surface area (TPSA) is 37.3 Å². The van der Waals surface area contributed by atoms with E-state index in [-0.39, 0.29) is 0 Å². The highest BCUT2D eigenvalue weighted by Crippen LogP contribution is 2.12. The Morgan fingerprint density at radius 1 is 0.818 bits per heavy atom. The van der Waals surface area contributed by atoms with Crippen molar-refractivity contribution in [2.24, 2.45) is 0 Å². The molecule has 0 aliphatic heterocycles. The maximum atomic E-state index is 10.4. The smallest absolute Gasteiger partial charge is 0.328 e. The van der Waals surface area contributed by atoms with Crippen molar-refractivity contribution in [3.63, 3.8) is 0 Å². The van der Waals surface area contributed by atoms with Gasteiger partial charge in [0.25, 0.3) is 0 Å². The number of carboxylic acids is 1. The lowest BCUT2D eigenvalue weighted by atomic mass is 10.1. The van der Waals surface area contributed by atoms with Gasteiger partial charge in [0.15, 0.2) is 0 Å². The van der Waals surface area contributed by atoms with Crippen LogP contribution in [-0.2, 0) is 4.79 Å². The van der Waals surface area contributed by atoms with Crippen LogP contribution in [0.5, 0.6) is 0 Å². The van der Waals surface area contributed by atoms with Gasteiger partial charge in [-0.2, -0.15) is 0 Å². The first-order valence-corrected chi connectivity index (χ1v) is 7.03. The summed E-state index contributed by atoms with van der Waals surface area (Å²) in [6.07, 6.45) is 22.0. The van der Waals surface area contributed by atoms with E-state index in [2.05, 4.69) is 0 Å². The van der Waals surface area contributed by atoms with Gasteiger partial charge in [-0.3, -0.25) is 0 Å². The van der Waals surface area contributed by atoms with Crippen molar-refractivity contribution in [3.05, 3.63) is 96.2 Å². The zero-order valence-corrected chi connectivity index (χ0v) is 12.6. The van der Waals surface area contributed by atoms with E-state index >= 15 is 0 Å². The molecule has 1 aromatic rings. The molecule has 0 heterocycles. The van der Waals surface area contributed by atoms with Crippen LogP contribution < -0.4 is 0 Å². The number of hydrogen-bond donors (Lipinski definition) is 1. The van der Waals surface area contributed by atoms with Crippen molar-refractivity contribution in [3.8, 4) is 0 Å². The molecule has 0 aliphatic carbocycles. The van der Waals surface area contributed by atoms with Gasteiger partial charge in [-0.05, 0) is 18.1 Å². The largest absolute Gasteiger partial charge is 0.478 e. The van der Waals surface area contributed by atoms with E-state index in [1.54, 1.807) is 6.08 Å². The molecule has 1 rings (SSSR count). The van der Waals surface area contributed by atoms with Crippen molar-refractivity contribution < 1.29 is 9.90 Å². The van der Waals surface area contributed by atoms with E-state index in [0.717, 1.165) is 17.2 Å². The SMILES string of the molecule is C/C=C/C=C/C=C/C=C\c1ccccc1/C=C/C=C/C(=O)O. The third-order valence-corrected chi connectivity index (χ3v) is 2.65. The summed E-state index contributed by atoms with van der Waals surface area (Å²) in [7, 11) is 0. The van der Waals surface area contributed by atoms with Crippen molar-refractivity contribution in [2.75, 3.05) is 0 Å². The Labute approximate surface area is 131 Å². The van der Waals surface area contributed by atoms with Crippen LogP contribution in [0, 0.1) is 0 Å². The van der Waals surface area contributed by atoms with Gasteiger partial charge in [0.2, 0.25) is 0 Å². The summed E-state index contributed by atoms with van der Waals surface area (Å²) in [6.45, 7) is 1.98. The minimum atomic E-state index is -0.950. The third-order valence-electron chi connectivity index (χ3n) is 2.65. The Bertz CT molecular complexity index is 641. The molecule has 22 heavy (non-hydrogen) atoms. The van der Waals surface area contributed by atoms with Gasteiger partial charge in [0.1, 0.15) is 0 Å². The number of hydrogen-bond acceptors (Lipinski definition) is 1. The first-order valence-electron chi connectivity index (χ1n) is 7.03. The van der Waals surface area contributed by atoms with Crippen LogP contribution >= 0.6 is 0 Å². The van der Waals surface area contributed by atoms with Crippen LogP contribution in [0.4, 0.5) is 0 Å². The molecule has 0 amide bonds. The average Bonchev–Trinajstić information content (AvgIpc) is 2.51. The minimum absolute atomic E-state index is 0.950. The lowest BCUT2D eigenvalue weighted by Gasteiger charge is -1.98. The van der Waals surface area contributed by atoms with Crippen LogP contribution in [0.25, 0.3) is 12.2 Å². The molecule has 0 aromatic heterocycles. The van der Waals surface area contributed by atoms with E-state index in [1.165, 1.54) is 6.08 Å². The standard InChI is InChI=1S/C20H20O2/c1-2-3-4-5-6-7-8-13-18-14-9-10-15-19(18)16-11-12-17-20(21)22/h2-17H,1H3,(H,21,22)/b3-2+,5-4+,7-6+,13-8-,16-11+,17-12+. The van der Waals surface area contributed by atoms with Crippen LogP contribution in [0.2, 0.25) is 0 Å². The maximum absolute atomic E-state index is 10.4.